The molecule has 0 saturated heterocycles. The molecule has 0 bridgehead atoms. The van der Waals surface area contributed by atoms with Crippen molar-refractivity contribution in [1.29, 1.82) is 0 Å². The molecule has 0 aromatic heterocycles. The van der Waals surface area contributed by atoms with Crippen LogP contribution in [0.1, 0.15) is 25.3 Å². The van der Waals surface area contributed by atoms with E-state index in [4.69, 9.17) is 5.11 Å². The normalized spacial score (nSPS) is 12.4. The van der Waals surface area contributed by atoms with Crippen LogP contribution in [0.2, 0.25) is 0 Å². The van der Waals surface area contributed by atoms with Gasteiger partial charge in [0, 0.05) is 4.47 Å². The molecule has 1 atom stereocenters. The number of carboxylic acid groups (broad SMARTS) is 1. The fraction of sp³-hybridized carbons (Fsp3) is 0.417. The summed E-state index contributed by atoms with van der Waals surface area (Å²) in [6.45, 7) is 1.92. The summed E-state index contributed by atoms with van der Waals surface area (Å²) < 4.78 is 1.05. The van der Waals surface area contributed by atoms with Crippen LogP contribution in [0.3, 0.4) is 0 Å². The predicted octanol–water partition coefficient (Wildman–Crippen LogP) is 3.49. The zero-order valence-corrected chi connectivity index (χ0v) is 10.3. The van der Waals surface area contributed by atoms with E-state index in [2.05, 4.69) is 15.9 Å². The molecular formula is C12H15BrO2. The largest absolute Gasteiger partial charge is 0.481 e. The third kappa shape index (κ3) is 4.04. The van der Waals surface area contributed by atoms with E-state index in [0.29, 0.717) is 12.8 Å². The standard InChI is InChI=1S/C12H15BrO2/c1-2-10(12(14)15)6-3-9-4-7-11(13)8-5-9/h4-5,7-8,10H,2-3,6H2,1H3,(H,14,15). The molecule has 0 saturated carbocycles. The molecule has 0 heterocycles. The van der Waals surface area contributed by atoms with Gasteiger partial charge in [-0.2, -0.15) is 0 Å². The number of benzene rings is 1. The Kier molecular flexibility index (Phi) is 4.82. The van der Waals surface area contributed by atoms with Crippen LogP contribution in [0.5, 0.6) is 0 Å². The second-order valence-corrected chi connectivity index (χ2v) is 4.52. The molecule has 15 heavy (non-hydrogen) atoms. The van der Waals surface area contributed by atoms with Gasteiger partial charge in [-0.25, -0.2) is 0 Å². The first-order chi connectivity index (χ1) is 7.13. The summed E-state index contributed by atoms with van der Waals surface area (Å²) in [7, 11) is 0. The number of carboxylic acids is 1. The molecule has 1 unspecified atom stereocenters. The highest BCUT2D eigenvalue weighted by Gasteiger charge is 2.14. The van der Waals surface area contributed by atoms with Gasteiger partial charge in [-0.3, -0.25) is 4.79 Å². The van der Waals surface area contributed by atoms with Gasteiger partial charge < -0.3 is 5.11 Å². The topological polar surface area (TPSA) is 37.3 Å². The van der Waals surface area contributed by atoms with E-state index in [1.165, 1.54) is 5.56 Å². The highest BCUT2D eigenvalue weighted by Crippen LogP contribution is 2.16. The van der Waals surface area contributed by atoms with Gasteiger partial charge in [0.25, 0.3) is 0 Å². The minimum Gasteiger partial charge on any atom is -0.481 e. The first-order valence-electron chi connectivity index (χ1n) is 5.10. The first kappa shape index (κ1) is 12.2. The van der Waals surface area contributed by atoms with Crippen molar-refractivity contribution in [3.8, 4) is 0 Å². The van der Waals surface area contributed by atoms with Gasteiger partial charge in [-0.1, -0.05) is 35.0 Å². The van der Waals surface area contributed by atoms with E-state index in [1.807, 2.05) is 31.2 Å². The number of hydrogen-bond acceptors (Lipinski definition) is 1. The Hall–Kier alpha value is -0.830. The van der Waals surface area contributed by atoms with Crippen molar-refractivity contribution >= 4 is 21.9 Å². The Morgan fingerprint density at radius 1 is 1.40 bits per heavy atom. The van der Waals surface area contributed by atoms with Gasteiger partial charge in [-0.05, 0) is 37.0 Å². The lowest BCUT2D eigenvalue weighted by Gasteiger charge is -2.09. The lowest BCUT2D eigenvalue weighted by molar-refractivity contribution is -0.142. The van der Waals surface area contributed by atoms with E-state index in [0.717, 1.165) is 10.9 Å². The van der Waals surface area contributed by atoms with Crippen LogP contribution >= 0.6 is 15.9 Å². The zero-order chi connectivity index (χ0) is 11.3. The molecular weight excluding hydrogens is 256 g/mol. The maximum Gasteiger partial charge on any atom is 0.306 e. The van der Waals surface area contributed by atoms with Crippen LogP contribution in [0.25, 0.3) is 0 Å². The van der Waals surface area contributed by atoms with Gasteiger partial charge in [-0.15, -0.1) is 0 Å². The summed E-state index contributed by atoms with van der Waals surface area (Å²) in [6.07, 6.45) is 2.25. The van der Waals surface area contributed by atoms with Crippen molar-refractivity contribution in [2.75, 3.05) is 0 Å². The fourth-order valence-electron chi connectivity index (χ4n) is 1.49. The second kappa shape index (κ2) is 5.91. The Morgan fingerprint density at radius 3 is 2.47 bits per heavy atom. The van der Waals surface area contributed by atoms with Crippen molar-refractivity contribution in [3.05, 3.63) is 34.3 Å². The molecule has 0 aliphatic rings. The average Bonchev–Trinajstić information content (AvgIpc) is 2.21. The van der Waals surface area contributed by atoms with E-state index >= 15 is 0 Å². The monoisotopic (exact) mass is 270 g/mol. The molecule has 0 aliphatic heterocycles. The summed E-state index contributed by atoms with van der Waals surface area (Å²) >= 11 is 3.37. The van der Waals surface area contributed by atoms with Gasteiger partial charge >= 0.3 is 5.97 Å². The zero-order valence-electron chi connectivity index (χ0n) is 8.74. The number of halogens is 1. The predicted molar refractivity (Wildman–Crippen MR) is 63.9 cm³/mol. The van der Waals surface area contributed by atoms with Crippen LogP contribution in [0.4, 0.5) is 0 Å². The van der Waals surface area contributed by atoms with Gasteiger partial charge in [0.2, 0.25) is 0 Å². The van der Waals surface area contributed by atoms with Crippen LogP contribution in [-0.2, 0) is 11.2 Å². The molecule has 2 nitrogen and oxygen atoms in total. The third-order valence-electron chi connectivity index (χ3n) is 2.54. The smallest absolute Gasteiger partial charge is 0.306 e. The third-order valence-corrected chi connectivity index (χ3v) is 3.07. The highest BCUT2D eigenvalue weighted by molar-refractivity contribution is 9.10. The molecule has 3 heteroatoms. The summed E-state index contributed by atoms with van der Waals surface area (Å²) in [4.78, 5) is 10.8. The Morgan fingerprint density at radius 2 is 2.00 bits per heavy atom. The molecule has 0 amide bonds. The Bertz CT molecular complexity index is 319. The number of rotatable bonds is 5. The van der Waals surface area contributed by atoms with Crippen molar-refractivity contribution in [2.45, 2.75) is 26.2 Å². The molecule has 0 spiro atoms. The van der Waals surface area contributed by atoms with Crippen LogP contribution < -0.4 is 0 Å². The minimum absolute atomic E-state index is 0.214. The maximum atomic E-state index is 10.8. The van der Waals surface area contributed by atoms with E-state index in [1.54, 1.807) is 0 Å². The number of aliphatic carboxylic acids is 1. The molecule has 0 fully saturated rings. The first-order valence-corrected chi connectivity index (χ1v) is 5.90. The SMILES string of the molecule is CCC(CCc1ccc(Br)cc1)C(=O)O. The number of carbonyl (C=O) groups is 1. The van der Waals surface area contributed by atoms with E-state index in [-0.39, 0.29) is 5.92 Å². The fourth-order valence-corrected chi connectivity index (χ4v) is 1.76. The molecule has 1 aromatic carbocycles. The van der Waals surface area contributed by atoms with Gasteiger partial charge in [0.15, 0.2) is 0 Å². The molecule has 0 aliphatic carbocycles. The average molecular weight is 271 g/mol. The summed E-state index contributed by atoms with van der Waals surface area (Å²) in [5.74, 6) is -0.900. The number of aryl methyl sites for hydroxylation is 1. The van der Waals surface area contributed by atoms with Crippen LogP contribution in [0, 0.1) is 5.92 Å². The van der Waals surface area contributed by atoms with Crippen molar-refractivity contribution in [1.82, 2.24) is 0 Å². The molecule has 82 valence electrons. The quantitative estimate of drug-likeness (QED) is 0.890. The minimum atomic E-state index is -0.686. The molecule has 1 aromatic rings. The van der Waals surface area contributed by atoms with Gasteiger partial charge in [0.1, 0.15) is 0 Å². The molecule has 1 rings (SSSR count). The summed E-state index contributed by atoms with van der Waals surface area (Å²) in [5, 5.41) is 8.89. The summed E-state index contributed by atoms with van der Waals surface area (Å²) in [5.41, 5.74) is 1.19. The van der Waals surface area contributed by atoms with E-state index in [9.17, 15) is 4.79 Å². The van der Waals surface area contributed by atoms with Gasteiger partial charge in [0.05, 0.1) is 5.92 Å². The van der Waals surface area contributed by atoms with Crippen LogP contribution in [-0.4, -0.2) is 11.1 Å². The molecule has 1 N–H and O–H groups in total. The van der Waals surface area contributed by atoms with Crippen molar-refractivity contribution in [2.24, 2.45) is 5.92 Å². The lowest BCUT2D eigenvalue weighted by atomic mass is 9.97. The second-order valence-electron chi connectivity index (χ2n) is 3.61. The Labute approximate surface area is 98.4 Å². The number of hydrogen-bond donors (Lipinski definition) is 1. The Balaban J connectivity index is 2.49. The van der Waals surface area contributed by atoms with E-state index < -0.39 is 5.97 Å². The van der Waals surface area contributed by atoms with Crippen LogP contribution in [0.15, 0.2) is 28.7 Å². The lowest BCUT2D eigenvalue weighted by Crippen LogP contribution is -2.13. The molecule has 0 radical (unpaired) electrons. The highest BCUT2D eigenvalue weighted by atomic mass is 79.9. The van der Waals surface area contributed by atoms with Crippen molar-refractivity contribution in [3.63, 3.8) is 0 Å². The maximum absolute atomic E-state index is 10.8. The van der Waals surface area contributed by atoms with Crippen molar-refractivity contribution < 1.29 is 9.90 Å². The summed E-state index contributed by atoms with van der Waals surface area (Å²) in [6, 6.07) is 8.02.